The number of fused-ring (bicyclic) bond motifs is 1. The molecular formula is C25H29ClN6O2S. The van der Waals surface area contributed by atoms with Crippen molar-refractivity contribution in [1.29, 1.82) is 0 Å². The predicted molar refractivity (Wildman–Crippen MR) is 140 cm³/mol. The molecule has 3 aromatic heterocycles. The number of morpholine rings is 1. The van der Waals surface area contributed by atoms with Crippen LogP contribution in [0.15, 0.2) is 46.9 Å². The lowest BCUT2D eigenvalue weighted by Crippen LogP contribution is -2.35. The second kappa shape index (κ2) is 11.4. The first kappa shape index (κ1) is 24.1. The van der Waals surface area contributed by atoms with Gasteiger partial charge in [0, 0.05) is 42.0 Å². The molecule has 1 aliphatic heterocycles. The highest BCUT2D eigenvalue weighted by Gasteiger charge is 2.13. The number of ether oxygens (including phenoxy) is 1. The molecule has 0 spiro atoms. The third kappa shape index (κ3) is 6.55. The van der Waals surface area contributed by atoms with Crippen molar-refractivity contribution in [2.24, 2.45) is 0 Å². The van der Waals surface area contributed by atoms with Crippen LogP contribution in [0.4, 0.5) is 11.5 Å². The molecule has 1 saturated heterocycles. The molecule has 35 heavy (non-hydrogen) atoms. The summed E-state index contributed by atoms with van der Waals surface area (Å²) < 4.78 is 13.2. The summed E-state index contributed by atoms with van der Waals surface area (Å²) >= 11 is 8.00. The Morgan fingerprint density at radius 2 is 1.94 bits per heavy atom. The third-order valence-electron chi connectivity index (χ3n) is 5.71. The van der Waals surface area contributed by atoms with Gasteiger partial charge < -0.3 is 14.5 Å². The normalized spacial score (nSPS) is 14.6. The van der Waals surface area contributed by atoms with Crippen molar-refractivity contribution in [3.8, 4) is 0 Å². The van der Waals surface area contributed by atoms with E-state index in [0.717, 1.165) is 91.7 Å². The minimum Gasteiger partial charge on any atom is -0.464 e. The van der Waals surface area contributed by atoms with E-state index in [0.29, 0.717) is 10.8 Å². The Kier molecular flexibility index (Phi) is 7.88. The number of aryl methyl sites for hydroxylation is 2. The monoisotopic (exact) mass is 512 g/mol. The largest absolute Gasteiger partial charge is 0.464 e. The molecule has 5 rings (SSSR count). The number of furan rings is 1. The molecule has 1 aliphatic rings. The summed E-state index contributed by atoms with van der Waals surface area (Å²) in [4.78, 5) is 11.5. The van der Waals surface area contributed by atoms with Crippen LogP contribution in [-0.2, 0) is 23.5 Å². The molecule has 0 radical (unpaired) electrons. The summed E-state index contributed by atoms with van der Waals surface area (Å²) in [6, 6.07) is 13.7. The third-order valence-corrected chi connectivity index (χ3v) is 7.02. The number of aromatic nitrogens is 4. The van der Waals surface area contributed by atoms with E-state index in [4.69, 9.17) is 25.9 Å². The molecule has 0 atom stereocenters. The van der Waals surface area contributed by atoms with Gasteiger partial charge in [-0.1, -0.05) is 17.7 Å². The highest BCUT2D eigenvalue weighted by molar-refractivity contribution is 7.98. The van der Waals surface area contributed by atoms with Crippen LogP contribution < -0.4 is 5.32 Å². The number of halogens is 1. The Morgan fingerprint density at radius 3 is 2.80 bits per heavy atom. The van der Waals surface area contributed by atoms with Gasteiger partial charge in [-0.3, -0.25) is 4.90 Å². The molecule has 0 amide bonds. The quantitative estimate of drug-likeness (QED) is 0.293. The number of rotatable bonds is 10. The van der Waals surface area contributed by atoms with E-state index in [9.17, 15) is 0 Å². The lowest BCUT2D eigenvalue weighted by Gasteiger charge is -2.25. The summed E-state index contributed by atoms with van der Waals surface area (Å²) in [6.45, 7) is 6.36. The Bertz CT molecular complexity index is 1270. The minimum absolute atomic E-state index is 0.598. The SMILES string of the molecule is Cc1cc(Nc2cccc(Cl)c2)n2nc(CCCSCc3ccc(CN4CCOCC4)o3)nc2n1. The number of nitrogens with one attached hydrogen (secondary N) is 1. The molecule has 10 heteroatoms. The minimum atomic E-state index is 0.598. The van der Waals surface area contributed by atoms with Crippen LogP contribution in [-0.4, -0.2) is 56.5 Å². The van der Waals surface area contributed by atoms with E-state index in [1.165, 1.54) is 0 Å². The number of anilines is 2. The van der Waals surface area contributed by atoms with Crippen LogP contribution in [0.3, 0.4) is 0 Å². The molecule has 0 bridgehead atoms. The van der Waals surface area contributed by atoms with Crippen molar-refractivity contribution in [3.05, 3.63) is 70.5 Å². The number of thioether (sulfide) groups is 1. The second-order valence-corrected chi connectivity index (χ2v) is 10.1. The van der Waals surface area contributed by atoms with Crippen molar-refractivity contribution < 1.29 is 9.15 Å². The molecular weight excluding hydrogens is 484 g/mol. The van der Waals surface area contributed by atoms with Gasteiger partial charge in [0.25, 0.3) is 5.78 Å². The summed E-state index contributed by atoms with van der Waals surface area (Å²) in [6.07, 6.45) is 1.78. The maximum Gasteiger partial charge on any atom is 0.254 e. The first-order valence-electron chi connectivity index (χ1n) is 11.8. The molecule has 4 aromatic rings. The van der Waals surface area contributed by atoms with Gasteiger partial charge in [0.15, 0.2) is 5.82 Å². The van der Waals surface area contributed by atoms with Crippen LogP contribution in [0.25, 0.3) is 5.78 Å². The van der Waals surface area contributed by atoms with E-state index in [1.54, 1.807) is 4.52 Å². The van der Waals surface area contributed by atoms with E-state index in [-0.39, 0.29) is 0 Å². The molecule has 4 heterocycles. The van der Waals surface area contributed by atoms with Crippen molar-refractivity contribution in [3.63, 3.8) is 0 Å². The van der Waals surface area contributed by atoms with Gasteiger partial charge >= 0.3 is 0 Å². The van der Waals surface area contributed by atoms with Crippen molar-refractivity contribution in [2.75, 3.05) is 37.4 Å². The number of benzene rings is 1. The highest BCUT2D eigenvalue weighted by Crippen LogP contribution is 2.22. The van der Waals surface area contributed by atoms with Crippen molar-refractivity contribution >= 4 is 40.6 Å². The van der Waals surface area contributed by atoms with E-state index in [2.05, 4.69) is 32.3 Å². The topological polar surface area (TPSA) is 80.7 Å². The molecule has 1 aromatic carbocycles. The maximum atomic E-state index is 6.13. The van der Waals surface area contributed by atoms with Gasteiger partial charge in [-0.15, -0.1) is 5.10 Å². The van der Waals surface area contributed by atoms with Gasteiger partial charge in [-0.25, -0.2) is 4.98 Å². The summed E-state index contributed by atoms with van der Waals surface area (Å²) in [5, 5.41) is 8.75. The van der Waals surface area contributed by atoms with E-state index in [1.807, 2.05) is 49.0 Å². The van der Waals surface area contributed by atoms with Crippen LogP contribution >= 0.6 is 23.4 Å². The lowest BCUT2D eigenvalue weighted by atomic mass is 10.3. The molecule has 8 nitrogen and oxygen atoms in total. The van der Waals surface area contributed by atoms with Crippen molar-refractivity contribution in [1.82, 2.24) is 24.5 Å². The molecule has 0 unspecified atom stereocenters. The predicted octanol–water partition coefficient (Wildman–Crippen LogP) is 5.12. The zero-order chi connectivity index (χ0) is 24.0. The van der Waals surface area contributed by atoms with Crippen LogP contribution in [0.5, 0.6) is 0 Å². The molecule has 1 fully saturated rings. The van der Waals surface area contributed by atoms with Gasteiger partial charge in [-0.05, 0) is 49.4 Å². The number of nitrogens with zero attached hydrogens (tertiary/aromatic N) is 5. The lowest BCUT2D eigenvalue weighted by molar-refractivity contribution is 0.0312. The Morgan fingerprint density at radius 1 is 1.09 bits per heavy atom. The van der Waals surface area contributed by atoms with Gasteiger partial charge in [0.05, 0.1) is 25.5 Å². The fraction of sp³-hybridized carbons (Fsp3) is 0.400. The zero-order valence-corrected chi connectivity index (χ0v) is 21.3. The summed E-state index contributed by atoms with van der Waals surface area (Å²) in [7, 11) is 0. The van der Waals surface area contributed by atoms with Crippen molar-refractivity contribution in [2.45, 2.75) is 32.1 Å². The Labute approximate surface area is 214 Å². The fourth-order valence-corrected chi connectivity index (χ4v) is 5.05. The Balaban J connectivity index is 1.12. The summed E-state index contributed by atoms with van der Waals surface area (Å²) in [5.41, 5.74) is 1.77. The van der Waals surface area contributed by atoms with Gasteiger partial charge in [0.1, 0.15) is 17.3 Å². The smallest absolute Gasteiger partial charge is 0.254 e. The van der Waals surface area contributed by atoms with Gasteiger partial charge in [-0.2, -0.15) is 21.3 Å². The van der Waals surface area contributed by atoms with Crippen LogP contribution in [0.2, 0.25) is 5.02 Å². The van der Waals surface area contributed by atoms with Crippen LogP contribution in [0.1, 0.15) is 29.5 Å². The second-order valence-electron chi connectivity index (χ2n) is 8.57. The standard InChI is InChI=1S/C25H29ClN6O2S/c1-18-14-24(28-20-5-2-4-19(26)15-20)32-25(27-18)29-23(30-32)6-3-13-35-17-22-8-7-21(34-22)16-31-9-11-33-12-10-31/h2,4-5,7-8,14-15,28H,3,6,9-13,16-17H2,1H3. The first-order chi connectivity index (χ1) is 17.1. The molecule has 0 aliphatic carbocycles. The van der Waals surface area contributed by atoms with E-state index >= 15 is 0 Å². The zero-order valence-electron chi connectivity index (χ0n) is 19.7. The molecule has 1 N–H and O–H groups in total. The highest BCUT2D eigenvalue weighted by atomic mass is 35.5. The molecule has 0 saturated carbocycles. The average molecular weight is 513 g/mol. The van der Waals surface area contributed by atoms with E-state index < -0.39 is 0 Å². The molecule has 184 valence electrons. The first-order valence-corrected chi connectivity index (χ1v) is 13.4. The maximum absolute atomic E-state index is 6.13. The summed E-state index contributed by atoms with van der Waals surface area (Å²) in [5.74, 6) is 6.14. The average Bonchev–Trinajstić information content (AvgIpc) is 3.46. The number of hydrogen-bond donors (Lipinski definition) is 1. The van der Waals surface area contributed by atoms with Gasteiger partial charge in [0.2, 0.25) is 0 Å². The number of hydrogen-bond acceptors (Lipinski definition) is 8. The van der Waals surface area contributed by atoms with Crippen LogP contribution in [0, 0.1) is 6.92 Å². The Hall–Kier alpha value is -2.59. The fourth-order valence-electron chi connectivity index (χ4n) is 4.01.